The molecular formula is C17H28ClN3O3S. The van der Waals surface area contributed by atoms with Crippen molar-refractivity contribution in [2.75, 3.05) is 30.7 Å². The fraction of sp³-hybridized carbons (Fsp3) is 0.588. The number of sulfonamides is 1. The summed E-state index contributed by atoms with van der Waals surface area (Å²) in [6.45, 7) is 6.11. The van der Waals surface area contributed by atoms with Crippen molar-refractivity contribution in [1.82, 2.24) is 9.62 Å². The van der Waals surface area contributed by atoms with E-state index in [1.54, 1.807) is 6.92 Å². The maximum atomic E-state index is 12.5. The molecule has 0 atom stereocenters. The minimum Gasteiger partial charge on any atom is -0.326 e. The van der Waals surface area contributed by atoms with Gasteiger partial charge in [0.2, 0.25) is 15.9 Å². The Balaban J connectivity index is 0.00000312. The van der Waals surface area contributed by atoms with Crippen LogP contribution in [0.15, 0.2) is 24.3 Å². The minimum atomic E-state index is -3.15. The summed E-state index contributed by atoms with van der Waals surface area (Å²) in [7, 11) is -3.15. The summed E-state index contributed by atoms with van der Waals surface area (Å²) in [6, 6.07) is 7.76. The standard InChI is InChI=1S/C17H27N3O3S.ClH/c1-3-18-13-15-7-5-6-8-16(15)19-17(21)14-9-11-20(12-10-14)24(22,23)4-2;/h5-8,14,18H,3-4,9-13H2,1-2H3,(H,19,21);1H. The van der Waals surface area contributed by atoms with E-state index in [0.29, 0.717) is 32.5 Å². The number of rotatable bonds is 7. The van der Waals surface area contributed by atoms with Crippen LogP contribution in [0.25, 0.3) is 0 Å². The van der Waals surface area contributed by atoms with Crippen molar-refractivity contribution < 1.29 is 13.2 Å². The van der Waals surface area contributed by atoms with Crippen molar-refractivity contribution in [3.05, 3.63) is 29.8 Å². The molecule has 1 saturated heterocycles. The largest absolute Gasteiger partial charge is 0.326 e. The Bertz CT molecular complexity index is 659. The van der Waals surface area contributed by atoms with E-state index in [4.69, 9.17) is 0 Å². The van der Waals surface area contributed by atoms with Gasteiger partial charge in [-0.1, -0.05) is 25.1 Å². The summed E-state index contributed by atoms with van der Waals surface area (Å²) in [5, 5.41) is 6.27. The smallest absolute Gasteiger partial charge is 0.227 e. The number of nitrogens with one attached hydrogen (secondary N) is 2. The number of hydrogen-bond donors (Lipinski definition) is 2. The highest BCUT2D eigenvalue weighted by Gasteiger charge is 2.30. The Morgan fingerprint density at radius 1 is 1.20 bits per heavy atom. The van der Waals surface area contributed by atoms with Crippen molar-refractivity contribution in [3.8, 4) is 0 Å². The number of amides is 1. The zero-order chi connectivity index (χ0) is 17.6. The van der Waals surface area contributed by atoms with Crippen LogP contribution in [-0.2, 0) is 21.4 Å². The summed E-state index contributed by atoms with van der Waals surface area (Å²) in [5.41, 5.74) is 1.88. The second kappa shape index (κ2) is 10.1. The fourth-order valence-corrected chi connectivity index (χ4v) is 4.00. The third-order valence-electron chi connectivity index (χ3n) is 4.42. The van der Waals surface area contributed by atoms with Crippen LogP contribution in [-0.4, -0.2) is 44.0 Å². The number of piperidine rings is 1. The summed E-state index contributed by atoms with van der Waals surface area (Å²) in [6.07, 6.45) is 1.14. The third kappa shape index (κ3) is 5.95. The third-order valence-corrected chi connectivity index (χ3v) is 6.31. The van der Waals surface area contributed by atoms with Gasteiger partial charge in [0.05, 0.1) is 5.75 Å². The summed E-state index contributed by atoms with van der Waals surface area (Å²) in [4.78, 5) is 12.5. The van der Waals surface area contributed by atoms with Gasteiger partial charge in [-0.3, -0.25) is 4.79 Å². The fourth-order valence-electron chi connectivity index (χ4n) is 2.87. The molecule has 1 heterocycles. The number of benzene rings is 1. The molecule has 0 aliphatic carbocycles. The summed E-state index contributed by atoms with van der Waals surface area (Å²) < 4.78 is 25.3. The van der Waals surface area contributed by atoms with Crippen LogP contribution < -0.4 is 10.6 Å². The molecule has 1 amide bonds. The van der Waals surface area contributed by atoms with Crippen molar-refractivity contribution in [2.45, 2.75) is 33.2 Å². The molecule has 0 saturated carbocycles. The quantitative estimate of drug-likeness (QED) is 0.749. The SMILES string of the molecule is CCNCc1ccccc1NC(=O)C1CCN(S(=O)(=O)CC)CC1.Cl. The number of para-hydroxylation sites is 1. The first-order valence-corrected chi connectivity index (χ1v) is 10.2. The zero-order valence-electron chi connectivity index (χ0n) is 14.8. The predicted octanol–water partition coefficient (Wildman–Crippen LogP) is 2.22. The molecule has 1 fully saturated rings. The highest BCUT2D eigenvalue weighted by molar-refractivity contribution is 7.89. The number of hydrogen-bond acceptors (Lipinski definition) is 4. The Kier molecular flexibility index (Phi) is 8.85. The molecule has 6 nitrogen and oxygen atoms in total. The molecule has 2 rings (SSSR count). The van der Waals surface area contributed by atoms with Gasteiger partial charge >= 0.3 is 0 Å². The van der Waals surface area contributed by atoms with Crippen molar-refractivity contribution >= 4 is 34.0 Å². The molecule has 0 bridgehead atoms. The average molecular weight is 390 g/mol. The van der Waals surface area contributed by atoms with E-state index in [1.807, 2.05) is 31.2 Å². The first-order valence-electron chi connectivity index (χ1n) is 8.55. The Morgan fingerprint density at radius 3 is 2.44 bits per heavy atom. The molecular weight excluding hydrogens is 362 g/mol. The first-order chi connectivity index (χ1) is 11.5. The van der Waals surface area contributed by atoms with E-state index in [2.05, 4.69) is 10.6 Å². The van der Waals surface area contributed by atoms with Crippen LogP contribution in [0.4, 0.5) is 5.69 Å². The monoisotopic (exact) mass is 389 g/mol. The van der Waals surface area contributed by atoms with E-state index < -0.39 is 10.0 Å². The van der Waals surface area contributed by atoms with Gasteiger partial charge in [-0.15, -0.1) is 12.4 Å². The van der Waals surface area contributed by atoms with Gasteiger partial charge in [-0.05, 0) is 37.9 Å². The van der Waals surface area contributed by atoms with Gasteiger partial charge in [0.25, 0.3) is 0 Å². The number of carbonyl (C=O) groups is 1. The van der Waals surface area contributed by atoms with Crippen LogP contribution >= 0.6 is 12.4 Å². The molecule has 0 radical (unpaired) electrons. The number of carbonyl (C=O) groups excluding carboxylic acids is 1. The van der Waals surface area contributed by atoms with Crippen LogP contribution in [0.1, 0.15) is 32.3 Å². The second-order valence-corrected chi connectivity index (χ2v) is 8.26. The number of halogens is 1. The van der Waals surface area contributed by atoms with Crippen LogP contribution in [0, 0.1) is 5.92 Å². The molecule has 1 aliphatic heterocycles. The summed E-state index contributed by atoms with van der Waals surface area (Å²) in [5.74, 6) is -0.0465. The van der Waals surface area contributed by atoms with Gasteiger partial charge in [0.15, 0.2) is 0 Å². The maximum Gasteiger partial charge on any atom is 0.227 e. The molecule has 8 heteroatoms. The van der Waals surface area contributed by atoms with Gasteiger partial charge in [0.1, 0.15) is 0 Å². The van der Waals surface area contributed by atoms with Crippen LogP contribution in [0.5, 0.6) is 0 Å². The van der Waals surface area contributed by atoms with E-state index in [1.165, 1.54) is 4.31 Å². The van der Waals surface area contributed by atoms with E-state index in [9.17, 15) is 13.2 Å². The van der Waals surface area contributed by atoms with Gasteiger partial charge < -0.3 is 10.6 Å². The van der Waals surface area contributed by atoms with E-state index in [-0.39, 0.29) is 30.0 Å². The lowest BCUT2D eigenvalue weighted by Crippen LogP contribution is -2.42. The Morgan fingerprint density at radius 2 is 1.84 bits per heavy atom. The van der Waals surface area contributed by atoms with Gasteiger partial charge in [-0.2, -0.15) is 0 Å². The molecule has 1 aliphatic rings. The lowest BCUT2D eigenvalue weighted by atomic mass is 9.97. The summed E-state index contributed by atoms with van der Waals surface area (Å²) >= 11 is 0. The molecule has 1 aromatic rings. The zero-order valence-corrected chi connectivity index (χ0v) is 16.5. The Hall–Kier alpha value is -1.15. The Labute approximate surface area is 156 Å². The highest BCUT2D eigenvalue weighted by Crippen LogP contribution is 2.23. The number of anilines is 1. The molecule has 0 unspecified atom stereocenters. The molecule has 0 aromatic heterocycles. The first kappa shape index (κ1) is 21.9. The van der Waals surface area contributed by atoms with Crippen molar-refractivity contribution in [2.24, 2.45) is 5.92 Å². The van der Waals surface area contributed by atoms with Crippen LogP contribution in [0.2, 0.25) is 0 Å². The minimum absolute atomic E-state index is 0. The second-order valence-electron chi connectivity index (χ2n) is 6.00. The molecule has 142 valence electrons. The van der Waals surface area contributed by atoms with E-state index >= 15 is 0 Å². The predicted molar refractivity (Wildman–Crippen MR) is 103 cm³/mol. The molecule has 0 spiro atoms. The molecule has 2 N–H and O–H groups in total. The number of nitrogens with zero attached hydrogens (tertiary/aromatic N) is 1. The maximum absolute atomic E-state index is 12.5. The molecule has 1 aromatic carbocycles. The highest BCUT2D eigenvalue weighted by atomic mass is 35.5. The topological polar surface area (TPSA) is 78.5 Å². The van der Waals surface area contributed by atoms with Crippen molar-refractivity contribution in [1.29, 1.82) is 0 Å². The lowest BCUT2D eigenvalue weighted by molar-refractivity contribution is -0.120. The van der Waals surface area contributed by atoms with Gasteiger partial charge in [-0.25, -0.2) is 12.7 Å². The van der Waals surface area contributed by atoms with Crippen LogP contribution in [0.3, 0.4) is 0 Å². The molecule has 25 heavy (non-hydrogen) atoms. The van der Waals surface area contributed by atoms with Crippen molar-refractivity contribution in [3.63, 3.8) is 0 Å². The van der Waals surface area contributed by atoms with Gasteiger partial charge in [0, 0.05) is 31.2 Å². The van der Waals surface area contributed by atoms with E-state index in [0.717, 1.165) is 17.8 Å². The normalized spacial score (nSPS) is 16.2. The average Bonchev–Trinajstić information content (AvgIpc) is 2.61. The lowest BCUT2D eigenvalue weighted by Gasteiger charge is -2.30.